The Morgan fingerprint density at radius 3 is 2.45 bits per heavy atom. The van der Waals surface area contributed by atoms with Crippen molar-refractivity contribution in [1.82, 2.24) is 9.88 Å². The fourth-order valence-electron chi connectivity index (χ4n) is 4.61. The zero-order valence-electron chi connectivity index (χ0n) is 18.1. The molecule has 1 aromatic heterocycles. The molecule has 3 heterocycles. The Morgan fingerprint density at radius 1 is 1.06 bits per heavy atom. The van der Waals surface area contributed by atoms with E-state index in [0.717, 1.165) is 17.1 Å². The highest BCUT2D eigenvalue weighted by atomic mass is 35.5. The summed E-state index contributed by atoms with van der Waals surface area (Å²) in [5.41, 5.74) is 2.08. The molecule has 1 spiro atoms. The van der Waals surface area contributed by atoms with E-state index in [9.17, 15) is 9.59 Å². The summed E-state index contributed by atoms with van der Waals surface area (Å²) in [6.45, 7) is 0.993. The zero-order chi connectivity index (χ0) is 23.0. The van der Waals surface area contributed by atoms with Crippen molar-refractivity contribution < 1.29 is 14.3 Å². The number of nitrogens with zero attached hydrogens (tertiary/aromatic N) is 3. The molecular weight excluding hydrogens is 440 g/mol. The second-order valence-corrected chi connectivity index (χ2v) is 8.59. The molecule has 0 atom stereocenters. The number of hydrogen-bond donors (Lipinski definition) is 1. The summed E-state index contributed by atoms with van der Waals surface area (Å²) in [5.74, 6) is 0.575. The van der Waals surface area contributed by atoms with Gasteiger partial charge in [-0.3, -0.25) is 14.5 Å². The van der Waals surface area contributed by atoms with Crippen molar-refractivity contribution in [3.8, 4) is 5.75 Å². The minimum Gasteiger partial charge on any atom is -0.497 e. The van der Waals surface area contributed by atoms with E-state index in [1.54, 1.807) is 24.1 Å². The molecule has 3 aromatic rings. The molecule has 0 unspecified atom stereocenters. The first-order chi connectivity index (χ1) is 16.0. The van der Waals surface area contributed by atoms with Crippen LogP contribution >= 0.6 is 11.6 Å². The number of amides is 2. The summed E-state index contributed by atoms with van der Waals surface area (Å²) in [7, 11) is 1.61. The second kappa shape index (κ2) is 8.41. The molecule has 2 aliphatic rings. The smallest absolute Gasteiger partial charge is 0.262 e. The highest BCUT2D eigenvalue weighted by molar-refractivity contribution is 6.29. The van der Waals surface area contributed by atoms with Crippen molar-refractivity contribution in [2.24, 2.45) is 0 Å². The predicted molar refractivity (Wildman–Crippen MR) is 127 cm³/mol. The Hall–Kier alpha value is -3.58. The summed E-state index contributed by atoms with van der Waals surface area (Å²) in [4.78, 5) is 34.3. The van der Waals surface area contributed by atoms with E-state index in [2.05, 4.69) is 10.3 Å². The summed E-state index contributed by atoms with van der Waals surface area (Å²) in [6, 6.07) is 18.3. The van der Waals surface area contributed by atoms with Crippen molar-refractivity contribution in [2.45, 2.75) is 18.5 Å². The van der Waals surface area contributed by atoms with Gasteiger partial charge in [-0.2, -0.15) is 0 Å². The van der Waals surface area contributed by atoms with Gasteiger partial charge in [-0.25, -0.2) is 4.98 Å². The van der Waals surface area contributed by atoms with Gasteiger partial charge in [-0.15, -0.1) is 0 Å². The first-order valence-electron chi connectivity index (χ1n) is 10.8. The number of likely N-dealkylation sites (tertiary alicyclic amines) is 1. The molecule has 168 valence electrons. The SMILES string of the molecule is COc1ccc(N2C(=O)c3ccccc3NC23CCN(C(=O)c2ccc(Cl)nc2)CC3)cc1. The first-order valence-corrected chi connectivity index (χ1v) is 11.2. The Kier molecular flexibility index (Phi) is 5.42. The Labute approximate surface area is 196 Å². The number of benzene rings is 2. The van der Waals surface area contributed by atoms with Crippen molar-refractivity contribution in [3.63, 3.8) is 0 Å². The number of methoxy groups -OCH3 is 1. The first kappa shape index (κ1) is 21.3. The Morgan fingerprint density at radius 2 is 1.79 bits per heavy atom. The van der Waals surface area contributed by atoms with Crippen molar-refractivity contribution in [1.29, 1.82) is 0 Å². The van der Waals surface area contributed by atoms with Crippen molar-refractivity contribution in [3.05, 3.63) is 83.1 Å². The van der Waals surface area contributed by atoms with Crippen LogP contribution in [0.5, 0.6) is 5.75 Å². The Bertz CT molecular complexity index is 1190. The second-order valence-electron chi connectivity index (χ2n) is 8.20. The zero-order valence-corrected chi connectivity index (χ0v) is 18.9. The summed E-state index contributed by atoms with van der Waals surface area (Å²) in [5, 5.41) is 3.98. The highest BCUT2D eigenvalue weighted by Gasteiger charge is 2.47. The minimum absolute atomic E-state index is 0.0591. The van der Waals surface area contributed by atoms with E-state index in [-0.39, 0.29) is 11.8 Å². The number of pyridine rings is 1. The van der Waals surface area contributed by atoms with Gasteiger partial charge in [0.25, 0.3) is 11.8 Å². The van der Waals surface area contributed by atoms with Gasteiger partial charge in [0.1, 0.15) is 16.6 Å². The molecule has 33 heavy (non-hydrogen) atoms. The molecule has 2 aromatic carbocycles. The lowest BCUT2D eigenvalue weighted by atomic mass is 9.89. The predicted octanol–water partition coefficient (Wildman–Crippen LogP) is 4.45. The van der Waals surface area contributed by atoms with E-state index < -0.39 is 5.66 Å². The van der Waals surface area contributed by atoms with Crippen LogP contribution in [0.15, 0.2) is 66.9 Å². The van der Waals surface area contributed by atoms with Crippen LogP contribution in [0.25, 0.3) is 0 Å². The fourth-order valence-corrected chi connectivity index (χ4v) is 4.72. The molecule has 1 fully saturated rings. The molecule has 1 N–H and O–H groups in total. The number of ether oxygens (including phenoxy) is 1. The van der Waals surface area contributed by atoms with Crippen LogP contribution in [0, 0.1) is 0 Å². The largest absolute Gasteiger partial charge is 0.497 e. The van der Waals surface area contributed by atoms with E-state index in [4.69, 9.17) is 16.3 Å². The van der Waals surface area contributed by atoms with E-state index in [1.807, 2.05) is 53.4 Å². The lowest BCUT2D eigenvalue weighted by Gasteiger charge is -2.52. The maximum absolute atomic E-state index is 13.7. The van der Waals surface area contributed by atoms with Gasteiger partial charge >= 0.3 is 0 Å². The topological polar surface area (TPSA) is 74.8 Å². The van der Waals surface area contributed by atoms with Crippen LogP contribution in [0.3, 0.4) is 0 Å². The molecule has 7 nitrogen and oxygen atoms in total. The quantitative estimate of drug-likeness (QED) is 0.582. The van der Waals surface area contributed by atoms with Gasteiger partial charge in [0, 0.05) is 43.5 Å². The average molecular weight is 463 g/mol. The number of hydrogen-bond acceptors (Lipinski definition) is 5. The number of carbonyl (C=O) groups is 2. The molecular formula is C25H23ClN4O3. The van der Waals surface area contributed by atoms with Crippen molar-refractivity contribution in [2.75, 3.05) is 30.4 Å². The van der Waals surface area contributed by atoms with E-state index in [0.29, 0.717) is 42.2 Å². The van der Waals surface area contributed by atoms with Crippen LogP contribution in [-0.2, 0) is 0 Å². The van der Waals surface area contributed by atoms with Gasteiger partial charge in [0.05, 0.1) is 18.2 Å². The molecule has 2 amide bonds. The van der Waals surface area contributed by atoms with Crippen LogP contribution in [0.2, 0.25) is 5.15 Å². The molecule has 5 rings (SSSR count). The van der Waals surface area contributed by atoms with Crippen LogP contribution in [0.1, 0.15) is 33.6 Å². The van der Waals surface area contributed by atoms with Crippen LogP contribution in [0.4, 0.5) is 11.4 Å². The number of para-hydroxylation sites is 1. The lowest BCUT2D eigenvalue weighted by Crippen LogP contribution is -2.65. The van der Waals surface area contributed by atoms with Gasteiger partial charge in [-0.05, 0) is 48.5 Å². The maximum atomic E-state index is 13.7. The molecule has 8 heteroatoms. The Balaban J connectivity index is 1.46. The molecule has 2 aliphatic heterocycles. The van der Waals surface area contributed by atoms with E-state index >= 15 is 0 Å². The monoisotopic (exact) mass is 462 g/mol. The number of rotatable bonds is 3. The fraction of sp³-hybridized carbons (Fsp3) is 0.240. The normalized spacial score (nSPS) is 16.8. The number of piperidine rings is 1. The summed E-state index contributed by atoms with van der Waals surface area (Å²) >= 11 is 5.86. The van der Waals surface area contributed by atoms with Crippen LogP contribution < -0.4 is 15.0 Å². The minimum atomic E-state index is -0.644. The van der Waals surface area contributed by atoms with Crippen molar-refractivity contribution >= 4 is 34.8 Å². The number of fused-ring (bicyclic) bond motifs is 1. The molecule has 0 bridgehead atoms. The third-order valence-electron chi connectivity index (χ3n) is 6.34. The van der Waals surface area contributed by atoms with Gasteiger partial charge < -0.3 is 15.0 Å². The highest BCUT2D eigenvalue weighted by Crippen LogP contribution is 2.41. The molecule has 1 saturated heterocycles. The number of nitrogens with one attached hydrogen (secondary N) is 1. The maximum Gasteiger partial charge on any atom is 0.262 e. The summed E-state index contributed by atoms with van der Waals surface area (Å²) in [6.07, 6.45) is 2.65. The van der Waals surface area contributed by atoms with E-state index in [1.165, 1.54) is 6.20 Å². The standard InChI is InChI=1S/C25H23ClN4O3/c1-33-19-9-7-18(8-10-19)30-24(32)20-4-2-3-5-21(20)28-25(30)12-14-29(15-13-25)23(31)17-6-11-22(26)27-16-17/h2-11,16,28H,12-15H2,1H3. The molecule has 0 radical (unpaired) electrons. The van der Waals surface area contributed by atoms with Gasteiger partial charge in [0.15, 0.2) is 0 Å². The number of halogens is 1. The van der Waals surface area contributed by atoms with Gasteiger partial charge in [-0.1, -0.05) is 23.7 Å². The lowest BCUT2D eigenvalue weighted by molar-refractivity contribution is 0.0668. The molecule has 0 aliphatic carbocycles. The average Bonchev–Trinajstić information content (AvgIpc) is 2.85. The third-order valence-corrected chi connectivity index (χ3v) is 6.56. The van der Waals surface area contributed by atoms with Crippen LogP contribution in [-0.4, -0.2) is 47.6 Å². The van der Waals surface area contributed by atoms with Gasteiger partial charge in [0.2, 0.25) is 0 Å². The molecule has 0 saturated carbocycles. The third kappa shape index (κ3) is 3.78. The number of aromatic nitrogens is 1. The number of anilines is 2. The summed E-state index contributed by atoms with van der Waals surface area (Å²) < 4.78 is 5.29. The number of carbonyl (C=O) groups excluding carboxylic acids is 2.